The van der Waals surface area contributed by atoms with Crippen LogP contribution in [0.15, 0.2) is 23.1 Å². The minimum atomic E-state index is -4.51. The average molecular weight is 336 g/mol. The minimum Gasteiger partial charge on any atom is -0.369 e. The SMILES string of the molecule is FC(F)(F)c1ncnc(NCCc2ccn[nH]2)c1Br. The van der Waals surface area contributed by atoms with E-state index in [1.54, 1.807) is 12.3 Å². The van der Waals surface area contributed by atoms with Gasteiger partial charge in [0.2, 0.25) is 0 Å². The number of alkyl halides is 3. The summed E-state index contributed by atoms with van der Waals surface area (Å²) in [6.45, 7) is 0.426. The van der Waals surface area contributed by atoms with Crippen LogP contribution >= 0.6 is 15.9 Å². The number of nitrogens with one attached hydrogen (secondary N) is 2. The minimum absolute atomic E-state index is 0.113. The molecule has 102 valence electrons. The number of halogens is 4. The summed E-state index contributed by atoms with van der Waals surface area (Å²) in [6, 6.07) is 1.79. The van der Waals surface area contributed by atoms with Crippen molar-refractivity contribution in [3.63, 3.8) is 0 Å². The second kappa shape index (κ2) is 5.55. The van der Waals surface area contributed by atoms with E-state index in [1.807, 2.05) is 0 Å². The van der Waals surface area contributed by atoms with Crippen LogP contribution in [0.25, 0.3) is 0 Å². The van der Waals surface area contributed by atoms with Crippen molar-refractivity contribution in [3.05, 3.63) is 34.5 Å². The van der Waals surface area contributed by atoms with Gasteiger partial charge in [0.25, 0.3) is 0 Å². The lowest BCUT2D eigenvalue weighted by Gasteiger charge is -2.11. The van der Waals surface area contributed by atoms with Crippen LogP contribution < -0.4 is 5.32 Å². The maximum absolute atomic E-state index is 12.6. The summed E-state index contributed by atoms with van der Waals surface area (Å²) in [4.78, 5) is 7.01. The standard InChI is InChI=1S/C10H9BrF3N5/c11-7-8(10(12,13)14)16-5-17-9(7)15-3-1-6-2-4-18-19-6/h2,4-5H,1,3H2,(H,18,19)(H,15,16,17). The van der Waals surface area contributed by atoms with Gasteiger partial charge < -0.3 is 5.32 Å². The number of aromatic amines is 1. The number of aromatic nitrogens is 4. The number of hydrogen-bond donors (Lipinski definition) is 2. The van der Waals surface area contributed by atoms with E-state index in [0.717, 1.165) is 12.0 Å². The Morgan fingerprint density at radius 1 is 1.32 bits per heavy atom. The molecule has 0 unspecified atom stereocenters. The van der Waals surface area contributed by atoms with E-state index in [2.05, 4.69) is 41.4 Å². The van der Waals surface area contributed by atoms with Crippen LogP contribution in [0, 0.1) is 0 Å². The molecule has 0 saturated carbocycles. The Morgan fingerprint density at radius 2 is 2.11 bits per heavy atom. The molecule has 0 saturated heterocycles. The third-order valence-corrected chi connectivity index (χ3v) is 3.05. The van der Waals surface area contributed by atoms with Crippen LogP contribution in [-0.4, -0.2) is 26.7 Å². The lowest BCUT2D eigenvalue weighted by atomic mass is 10.3. The third kappa shape index (κ3) is 3.43. The first-order chi connectivity index (χ1) is 8.98. The van der Waals surface area contributed by atoms with Crippen LogP contribution in [0.5, 0.6) is 0 Å². The molecular formula is C10H9BrF3N5. The molecule has 2 rings (SSSR count). The van der Waals surface area contributed by atoms with Crippen molar-refractivity contribution in [3.8, 4) is 0 Å². The average Bonchev–Trinajstić information content (AvgIpc) is 2.83. The Kier molecular flexibility index (Phi) is 4.03. The molecule has 9 heteroatoms. The smallest absolute Gasteiger partial charge is 0.369 e. The van der Waals surface area contributed by atoms with Crippen molar-refractivity contribution in [2.45, 2.75) is 12.6 Å². The molecule has 0 fully saturated rings. The van der Waals surface area contributed by atoms with Crippen LogP contribution in [0.2, 0.25) is 0 Å². The van der Waals surface area contributed by atoms with Crippen molar-refractivity contribution in [2.75, 3.05) is 11.9 Å². The Bertz CT molecular complexity index is 541. The highest BCUT2D eigenvalue weighted by Gasteiger charge is 2.36. The van der Waals surface area contributed by atoms with Crippen LogP contribution in [0.3, 0.4) is 0 Å². The van der Waals surface area contributed by atoms with E-state index in [-0.39, 0.29) is 10.3 Å². The van der Waals surface area contributed by atoms with Crippen LogP contribution in [0.4, 0.5) is 19.0 Å². The monoisotopic (exact) mass is 335 g/mol. The van der Waals surface area contributed by atoms with E-state index in [0.29, 0.717) is 13.0 Å². The van der Waals surface area contributed by atoms with Gasteiger partial charge in [-0.05, 0) is 22.0 Å². The number of hydrogen-bond acceptors (Lipinski definition) is 4. The summed E-state index contributed by atoms with van der Waals surface area (Å²) in [5.74, 6) is 0.113. The van der Waals surface area contributed by atoms with Crippen molar-refractivity contribution >= 4 is 21.7 Å². The largest absolute Gasteiger partial charge is 0.434 e. The van der Waals surface area contributed by atoms with Crippen molar-refractivity contribution in [2.24, 2.45) is 0 Å². The lowest BCUT2D eigenvalue weighted by Crippen LogP contribution is -2.13. The Balaban J connectivity index is 2.04. The first kappa shape index (κ1) is 13.8. The number of H-pyrrole nitrogens is 1. The summed E-state index contributed by atoms with van der Waals surface area (Å²) in [6.07, 6.45) is -1.43. The molecule has 5 nitrogen and oxygen atoms in total. The lowest BCUT2D eigenvalue weighted by molar-refractivity contribution is -0.141. The predicted octanol–water partition coefficient (Wildman–Crippen LogP) is 2.64. The molecule has 0 atom stereocenters. The second-order valence-corrected chi connectivity index (χ2v) is 4.43. The Labute approximate surface area is 114 Å². The summed E-state index contributed by atoms with van der Waals surface area (Å²) < 4.78 is 37.7. The van der Waals surface area contributed by atoms with Crippen LogP contribution in [-0.2, 0) is 12.6 Å². The third-order valence-electron chi connectivity index (χ3n) is 2.30. The molecule has 19 heavy (non-hydrogen) atoms. The fourth-order valence-electron chi connectivity index (χ4n) is 1.43. The summed E-state index contributed by atoms with van der Waals surface area (Å²) in [7, 11) is 0. The predicted molar refractivity (Wildman–Crippen MR) is 65.5 cm³/mol. The van der Waals surface area contributed by atoms with Gasteiger partial charge in [0.1, 0.15) is 12.1 Å². The van der Waals surface area contributed by atoms with E-state index in [4.69, 9.17) is 0 Å². The molecule has 0 aromatic carbocycles. The summed E-state index contributed by atoms with van der Waals surface area (Å²) >= 11 is 2.87. The summed E-state index contributed by atoms with van der Waals surface area (Å²) in [5, 5.41) is 9.35. The normalized spacial score (nSPS) is 11.6. The quantitative estimate of drug-likeness (QED) is 0.901. The number of rotatable bonds is 4. The van der Waals surface area contributed by atoms with Gasteiger partial charge in [0, 0.05) is 24.9 Å². The van der Waals surface area contributed by atoms with Gasteiger partial charge in [-0.25, -0.2) is 9.97 Å². The first-order valence-electron chi connectivity index (χ1n) is 5.28. The molecule has 2 aromatic rings. The molecule has 2 aromatic heterocycles. The highest BCUT2D eigenvalue weighted by molar-refractivity contribution is 9.10. The molecule has 0 aliphatic rings. The van der Waals surface area contributed by atoms with Gasteiger partial charge in [-0.1, -0.05) is 0 Å². The first-order valence-corrected chi connectivity index (χ1v) is 6.07. The van der Waals surface area contributed by atoms with E-state index in [1.165, 1.54) is 0 Å². The molecule has 0 amide bonds. The number of nitrogens with zero attached hydrogens (tertiary/aromatic N) is 3. The molecule has 2 heterocycles. The zero-order valence-electron chi connectivity index (χ0n) is 9.50. The molecular weight excluding hydrogens is 327 g/mol. The number of anilines is 1. The van der Waals surface area contributed by atoms with Gasteiger partial charge >= 0.3 is 6.18 Å². The van der Waals surface area contributed by atoms with Gasteiger partial charge in [-0.15, -0.1) is 0 Å². The fourth-order valence-corrected chi connectivity index (χ4v) is 2.00. The van der Waals surface area contributed by atoms with Crippen molar-refractivity contribution < 1.29 is 13.2 Å². The van der Waals surface area contributed by atoms with Crippen LogP contribution in [0.1, 0.15) is 11.4 Å². The maximum atomic E-state index is 12.6. The molecule has 0 aliphatic carbocycles. The summed E-state index contributed by atoms with van der Waals surface area (Å²) in [5.41, 5.74) is -0.111. The van der Waals surface area contributed by atoms with Crippen molar-refractivity contribution in [1.29, 1.82) is 0 Å². The topological polar surface area (TPSA) is 66.5 Å². The highest BCUT2D eigenvalue weighted by atomic mass is 79.9. The van der Waals surface area contributed by atoms with E-state index in [9.17, 15) is 13.2 Å². The Hall–Kier alpha value is -1.64. The van der Waals surface area contributed by atoms with Crippen molar-refractivity contribution in [1.82, 2.24) is 20.2 Å². The van der Waals surface area contributed by atoms with Gasteiger partial charge in [0.05, 0.1) is 4.47 Å². The fraction of sp³-hybridized carbons (Fsp3) is 0.300. The van der Waals surface area contributed by atoms with Gasteiger partial charge in [-0.3, -0.25) is 5.10 Å². The zero-order chi connectivity index (χ0) is 13.9. The highest BCUT2D eigenvalue weighted by Crippen LogP contribution is 2.35. The molecule has 0 aliphatic heterocycles. The zero-order valence-corrected chi connectivity index (χ0v) is 11.1. The Morgan fingerprint density at radius 3 is 2.74 bits per heavy atom. The van der Waals surface area contributed by atoms with E-state index >= 15 is 0 Å². The maximum Gasteiger partial charge on any atom is 0.434 e. The van der Waals surface area contributed by atoms with E-state index < -0.39 is 11.9 Å². The molecule has 0 radical (unpaired) electrons. The molecule has 0 spiro atoms. The molecule has 2 N–H and O–H groups in total. The van der Waals surface area contributed by atoms with Gasteiger partial charge in [-0.2, -0.15) is 18.3 Å². The molecule has 0 bridgehead atoms. The second-order valence-electron chi connectivity index (χ2n) is 3.64. The van der Waals surface area contributed by atoms with Gasteiger partial charge in [0.15, 0.2) is 5.69 Å².